The molecule has 39 heavy (non-hydrogen) atoms. The third kappa shape index (κ3) is 12.2. The highest BCUT2D eigenvalue weighted by Gasteiger charge is 2.28. The molecular weight excluding hydrogens is 492 g/mol. The van der Waals surface area contributed by atoms with Crippen molar-refractivity contribution in [2.45, 2.75) is 110 Å². The number of H-pyrrole nitrogens is 1. The Bertz CT molecular complexity index is 1000. The molecule has 5 N–H and O–H groups in total. The largest absolute Gasteiger partial charge is 0.361 e. The van der Waals surface area contributed by atoms with Crippen LogP contribution in [0.3, 0.4) is 0 Å². The van der Waals surface area contributed by atoms with E-state index in [9.17, 15) is 14.4 Å². The Kier molecular flexibility index (Phi) is 15.3. The molecular formula is C31H50N4O4. The Morgan fingerprint density at radius 1 is 0.897 bits per heavy atom. The van der Waals surface area contributed by atoms with Crippen LogP contribution in [0.2, 0.25) is 0 Å². The second kappa shape index (κ2) is 18.4. The van der Waals surface area contributed by atoms with Crippen molar-refractivity contribution in [3.05, 3.63) is 36.0 Å². The van der Waals surface area contributed by atoms with E-state index in [-0.39, 0.29) is 24.2 Å². The number of amides is 3. The molecule has 8 heteroatoms. The highest BCUT2D eigenvalue weighted by atomic mass is 16.5. The summed E-state index contributed by atoms with van der Waals surface area (Å²) in [4.78, 5) is 41.6. The summed E-state index contributed by atoms with van der Waals surface area (Å²) in [5.74, 6) is -1.66. The average molecular weight is 543 g/mol. The van der Waals surface area contributed by atoms with E-state index in [0.29, 0.717) is 19.4 Å². The number of hydroxylamine groups is 1. The van der Waals surface area contributed by atoms with Crippen LogP contribution in [0.25, 0.3) is 10.9 Å². The zero-order valence-corrected chi connectivity index (χ0v) is 24.2. The predicted octanol–water partition coefficient (Wildman–Crippen LogP) is 5.79. The van der Waals surface area contributed by atoms with E-state index in [1.807, 2.05) is 44.3 Å². The molecule has 1 heterocycles. The third-order valence-corrected chi connectivity index (χ3v) is 7.24. The molecule has 1 aromatic carbocycles. The number of unbranched alkanes of at least 4 members (excludes halogenated alkanes) is 9. The van der Waals surface area contributed by atoms with E-state index in [1.165, 1.54) is 51.4 Å². The maximum absolute atomic E-state index is 13.3. The van der Waals surface area contributed by atoms with Gasteiger partial charge in [0.05, 0.1) is 0 Å². The first-order chi connectivity index (χ1) is 18.8. The Balaban J connectivity index is 1.95. The van der Waals surface area contributed by atoms with Crippen molar-refractivity contribution in [2.75, 3.05) is 6.54 Å². The van der Waals surface area contributed by atoms with Crippen LogP contribution in [0.4, 0.5) is 0 Å². The first kappa shape index (κ1) is 32.3. The van der Waals surface area contributed by atoms with E-state index >= 15 is 0 Å². The van der Waals surface area contributed by atoms with E-state index in [1.54, 1.807) is 5.48 Å². The number of aromatic amines is 1. The van der Waals surface area contributed by atoms with Crippen molar-refractivity contribution < 1.29 is 19.6 Å². The number of carbonyl (C=O) groups excluding carboxylic acids is 3. The summed E-state index contributed by atoms with van der Waals surface area (Å²) in [6, 6.07) is 7.10. The van der Waals surface area contributed by atoms with Crippen LogP contribution in [-0.2, 0) is 20.8 Å². The van der Waals surface area contributed by atoms with Gasteiger partial charge in [0.15, 0.2) is 0 Å². The van der Waals surface area contributed by atoms with Gasteiger partial charge in [-0.1, -0.05) is 96.8 Å². The summed E-state index contributed by atoms with van der Waals surface area (Å²) in [6.45, 7) is 6.75. The molecule has 0 saturated heterocycles. The van der Waals surface area contributed by atoms with Crippen molar-refractivity contribution in [1.29, 1.82) is 0 Å². The number of aromatic nitrogens is 1. The minimum absolute atomic E-state index is 0.138. The van der Waals surface area contributed by atoms with Gasteiger partial charge in [-0.15, -0.1) is 0 Å². The standard InChI is InChI=1S/C31H50N4O4/c1-4-5-6-7-8-9-10-11-12-15-18-32-31(38)28(20-25-22-33-27-17-14-13-16-26(25)27)34-30(37)24(19-23(2)3)21-29(36)35-39/h13-14,16-17,22-24,28,33,39H,4-12,15,18-21H2,1-3H3,(H,32,38)(H,34,37)(H,35,36)/t24?,28-/m0/s1. The molecule has 218 valence electrons. The van der Waals surface area contributed by atoms with Crippen LogP contribution in [0, 0.1) is 11.8 Å². The predicted molar refractivity (Wildman–Crippen MR) is 156 cm³/mol. The van der Waals surface area contributed by atoms with Gasteiger partial charge in [0.1, 0.15) is 6.04 Å². The van der Waals surface area contributed by atoms with Crippen LogP contribution in [-0.4, -0.2) is 40.5 Å². The summed E-state index contributed by atoms with van der Waals surface area (Å²) in [7, 11) is 0. The van der Waals surface area contributed by atoms with Crippen molar-refractivity contribution in [3.8, 4) is 0 Å². The van der Waals surface area contributed by atoms with Gasteiger partial charge in [0.2, 0.25) is 17.7 Å². The fourth-order valence-corrected chi connectivity index (χ4v) is 5.09. The second-order valence-electron chi connectivity index (χ2n) is 11.2. The van der Waals surface area contributed by atoms with Crippen molar-refractivity contribution in [2.24, 2.45) is 11.8 Å². The van der Waals surface area contributed by atoms with Crippen molar-refractivity contribution in [1.82, 2.24) is 21.1 Å². The first-order valence-electron chi connectivity index (χ1n) is 14.9. The van der Waals surface area contributed by atoms with Gasteiger partial charge >= 0.3 is 0 Å². The van der Waals surface area contributed by atoms with Crippen molar-refractivity contribution >= 4 is 28.6 Å². The maximum atomic E-state index is 13.3. The molecule has 0 aliphatic rings. The summed E-state index contributed by atoms with van der Waals surface area (Å²) < 4.78 is 0. The Hall–Kier alpha value is -2.87. The molecule has 0 spiro atoms. The number of benzene rings is 1. The molecule has 1 unspecified atom stereocenters. The van der Waals surface area contributed by atoms with E-state index in [2.05, 4.69) is 22.5 Å². The van der Waals surface area contributed by atoms with Gasteiger partial charge in [-0.05, 0) is 30.4 Å². The number of fused-ring (bicyclic) bond motifs is 1. The Labute approximate surface area is 234 Å². The average Bonchev–Trinajstić information content (AvgIpc) is 3.33. The highest BCUT2D eigenvalue weighted by Crippen LogP contribution is 2.21. The zero-order valence-electron chi connectivity index (χ0n) is 24.2. The van der Waals surface area contributed by atoms with Crippen LogP contribution in [0.1, 0.15) is 103 Å². The molecule has 0 aliphatic carbocycles. The number of rotatable bonds is 20. The summed E-state index contributed by atoms with van der Waals surface area (Å²) in [5.41, 5.74) is 3.53. The minimum atomic E-state index is -0.772. The van der Waals surface area contributed by atoms with Crippen LogP contribution in [0.5, 0.6) is 0 Å². The fourth-order valence-electron chi connectivity index (χ4n) is 5.09. The highest BCUT2D eigenvalue weighted by molar-refractivity contribution is 5.91. The minimum Gasteiger partial charge on any atom is -0.361 e. The molecule has 3 amide bonds. The van der Waals surface area contributed by atoms with Crippen LogP contribution >= 0.6 is 0 Å². The summed E-state index contributed by atoms with van der Waals surface area (Å²) >= 11 is 0. The molecule has 0 saturated carbocycles. The van der Waals surface area contributed by atoms with Crippen molar-refractivity contribution in [3.63, 3.8) is 0 Å². The maximum Gasteiger partial charge on any atom is 0.244 e. The molecule has 1 aromatic heterocycles. The quantitative estimate of drug-likeness (QED) is 0.0825. The lowest BCUT2D eigenvalue weighted by Crippen LogP contribution is -2.50. The molecule has 8 nitrogen and oxygen atoms in total. The fraction of sp³-hybridized carbons (Fsp3) is 0.645. The topological polar surface area (TPSA) is 123 Å². The molecule has 0 fully saturated rings. The zero-order chi connectivity index (χ0) is 28.5. The van der Waals surface area contributed by atoms with Crippen LogP contribution in [0.15, 0.2) is 30.5 Å². The third-order valence-electron chi connectivity index (χ3n) is 7.24. The molecule has 0 radical (unpaired) electrons. The molecule has 2 atom stereocenters. The van der Waals surface area contributed by atoms with Gasteiger partial charge in [0.25, 0.3) is 0 Å². The van der Waals surface area contributed by atoms with Crippen LogP contribution < -0.4 is 16.1 Å². The van der Waals surface area contributed by atoms with E-state index in [0.717, 1.165) is 29.3 Å². The first-order valence-corrected chi connectivity index (χ1v) is 14.9. The lowest BCUT2D eigenvalue weighted by atomic mass is 9.92. The van der Waals surface area contributed by atoms with E-state index in [4.69, 9.17) is 5.21 Å². The van der Waals surface area contributed by atoms with E-state index < -0.39 is 17.9 Å². The SMILES string of the molecule is CCCCCCCCCCCCNC(=O)[C@H](Cc1c[nH]c2ccccc12)NC(=O)C(CC(=O)NO)CC(C)C. The van der Waals surface area contributed by atoms with Gasteiger partial charge in [-0.3, -0.25) is 19.6 Å². The van der Waals surface area contributed by atoms with Gasteiger partial charge in [-0.25, -0.2) is 5.48 Å². The Morgan fingerprint density at radius 2 is 1.54 bits per heavy atom. The number of hydrogen-bond donors (Lipinski definition) is 5. The Morgan fingerprint density at radius 3 is 2.18 bits per heavy atom. The normalized spacial score (nSPS) is 12.8. The smallest absolute Gasteiger partial charge is 0.244 e. The molecule has 0 aliphatic heterocycles. The number of hydrogen-bond acceptors (Lipinski definition) is 4. The lowest BCUT2D eigenvalue weighted by molar-refractivity contribution is -0.136. The number of nitrogens with one attached hydrogen (secondary N) is 4. The number of carbonyl (C=O) groups is 3. The lowest BCUT2D eigenvalue weighted by Gasteiger charge is -2.23. The summed E-state index contributed by atoms with van der Waals surface area (Å²) in [6.07, 6.45) is 14.8. The molecule has 2 rings (SSSR count). The van der Waals surface area contributed by atoms with Gasteiger partial charge in [0, 0.05) is 42.4 Å². The van der Waals surface area contributed by atoms with Gasteiger partial charge in [-0.2, -0.15) is 0 Å². The summed E-state index contributed by atoms with van der Waals surface area (Å²) in [5, 5.41) is 15.9. The monoisotopic (exact) mass is 542 g/mol. The second-order valence-corrected chi connectivity index (χ2v) is 11.2. The molecule has 2 aromatic rings. The molecule has 0 bridgehead atoms. The van der Waals surface area contributed by atoms with Gasteiger partial charge < -0.3 is 15.6 Å². The number of para-hydroxylation sites is 1.